The van der Waals surface area contributed by atoms with Crippen LogP contribution in [0, 0.1) is 0 Å². The van der Waals surface area contributed by atoms with E-state index in [4.69, 9.17) is 14.2 Å². The van der Waals surface area contributed by atoms with Crippen LogP contribution < -0.4 is 4.74 Å². The van der Waals surface area contributed by atoms with Crippen LogP contribution in [0.25, 0.3) is 0 Å². The molecule has 0 N–H and O–H groups in total. The number of pyridine rings is 1. The Morgan fingerprint density at radius 1 is 1.07 bits per heavy atom. The molecule has 7 heteroatoms. The molecule has 0 saturated carbocycles. The average Bonchev–Trinajstić information content (AvgIpc) is 2.93. The van der Waals surface area contributed by atoms with Crippen molar-refractivity contribution in [3.8, 4) is 5.88 Å². The number of carbonyl (C=O) groups is 2. The van der Waals surface area contributed by atoms with Crippen molar-refractivity contribution in [1.82, 2.24) is 9.88 Å². The highest BCUT2D eigenvalue weighted by Gasteiger charge is 2.33. The third-order valence-corrected chi connectivity index (χ3v) is 3.93. The molecule has 7 nitrogen and oxygen atoms in total. The Morgan fingerprint density at radius 2 is 1.81 bits per heavy atom. The molecule has 0 atom stereocenters. The van der Waals surface area contributed by atoms with E-state index in [0.29, 0.717) is 23.6 Å². The number of aromatic nitrogens is 1. The molecule has 2 amide bonds. The quantitative estimate of drug-likeness (QED) is 0.293. The van der Waals surface area contributed by atoms with Gasteiger partial charge in [-0.15, -0.1) is 0 Å². The van der Waals surface area contributed by atoms with Gasteiger partial charge in [0.25, 0.3) is 11.8 Å². The Bertz CT molecular complexity index is 815. The highest BCUT2D eigenvalue weighted by molar-refractivity contribution is 6.21. The fourth-order valence-corrected chi connectivity index (χ4v) is 2.65. The summed E-state index contributed by atoms with van der Waals surface area (Å²) in [6.07, 6.45) is 5.12. The molecule has 2 heterocycles. The third kappa shape index (κ3) is 4.58. The van der Waals surface area contributed by atoms with E-state index in [2.05, 4.69) is 4.98 Å². The van der Waals surface area contributed by atoms with Gasteiger partial charge in [-0.3, -0.25) is 14.5 Å². The molecule has 0 saturated heterocycles. The van der Waals surface area contributed by atoms with E-state index in [1.807, 2.05) is 6.07 Å². The van der Waals surface area contributed by atoms with Crippen LogP contribution in [0.1, 0.15) is 26.3 Å². The first-order chi connectivity index (χ1) is 13.2. The molecule has 1 aliphatic heterocycles. The minimum atomic E-state index is -0.272. The number of benzene rings is 1. The van der Waals surface area contributed by atoms with Gasteiger partial charge in [0.2, 0.25) is 5.88 Å². The number of carbonyl (C=O) groups excluding carboxylic acids is 2. The van der Waals surface area contributed by atoms with Crippen molar-refractivity contribution in [3.05, 3.63) is 71.4 Å². The van der Waals surface area contributed by atoms with Crippen molar-refractivity contribution >= 4 is 11.8 Å². The number of imide groups is 1. The molecule has 0 fully saturated rings. The van der Waals surface area contributed by atoms with Crippen molar-refractivity contribution < 1.29 is 23.8 Å². The van der Waals surface area contributed by atoms with Gasteiger partial charge >= 0.3 is 0 Å². The Balaban J connectivity index is 1.48. The maximum absolute atomic E-state index is 12.2. The van der Waals surface area contributed by atoms with E-state index in [-0.39, 0.29) is 31.8 Å². The highest BCUT2D eigenvalue weighted by atomic mass is 16.7. The Morgan fingerprint density at radius 3 is 2.52 bits per heavy atom. The zero-order chi connectivity index (χ0) is 19.1. The van der Waals surface area contributed by atoms with E-state index in [9.17, 15) is 9.59 Å². The van der Waals surface area contributed by atoms with Crippen molar-refractivity contribution in [2.24, 2.45) is 0 Å². The largest absolute Gasteiger partial charge is 0.473 e. The molecule has 0 bridgehead atoms. The lowest BCUT2D eigenvalue weighted by Crippen LogP contribution is -2.29. The summed E-state index contributed by atoms with van der Waals surface area (Å²) in [5.41, 5.74) is 1.82. The van der Waals surface area contributed by atoms with Crippen LogP contribution in [0.2, 0.25) is 0 Å². The van der Waals surface area contributed by atoms with E-state index in [0.717, 1.165) is 5.56 Å². The smallest absolute Gasteiger partial charge is 0.261 e. The molecule has 0 aliphatic carbocycles. The lowest BCUT2D eigenvalue weighted by atomic mass is 10.1. The van der Waals surface area contributed by atoms with Gasteiger partial charge in [0.05, 0.1) is 17.7 Å². The molecule has 27 heavy (non-hydrogen) atoms. The summed E-state index contributed by atoms with van der Waals surface area (Å²) in [5.74, 6) is -0.0721. The van der Waals surface area contributed by atoms with Gasteiger partial charge in [-0.05, 0) is 29.8 Å². The molecule has 140 valence electrons. The average molecular weight is 368 g/mol. The molecule has 2 aromatic rings. The Kier molecular flexibility index (Phi) is 6.30. The topological polar surface area (TPSA) is 78.0 Å². The maximum atomic E-state index is 12.2. The molecular weight excluding hydrogens is 348 g/mol. The molecule has 3 rings (SSSR count). The fourth-order valence-electron chi connectivity index (χ4n) is 2.65. The highest BCUT2D eigenvalue weighted by Crippen LogP contribution is 2.22. The molecular formula is C20H20N2O5. The molecule has 0 spiro atoms. The van der Waals surface area contributed by atoms with Crippen LogP contribution in [-0.2, 0) is 16.1 Å². The molecule has 1 aromatic carbocycles. The first-order valence-electron chi connectivity index (χ1n) is 8.45. The van der Waals surface area contributed by atoms with Crippen LogP contribution in [0.5, 0.6) is 5.88 Å². The summed E-state index contributed by atoms with van der Waals surface area (Å²) in [5, 5.41) is 0. The number of amides is 2. The number of methoxy groups -OCH3 is 1. The fraction of sp³-hybridized carbons (Fsp3) is 0.250. The summed E-state index contributed by atoms with van der Waals surface area (Å²) in [6, 6.07) is 10.4. The second-order valence-corrected chi connectivity index (χ2v) is 5.81. The van der Waals surface area contributed by atoms with Crippen LogP contribution >= 0.6 is 0 Å². The van der Waals surface area contributed by atoms with Crippen molar-refractivity contribution in [1.29, 1.82) is 0 Å². The second kappa shape index (κ2) is 9.07. The Labute approximate surface area is 157 Å². The van der Waals surface area contributed by atoms with Crippen LogP contribution in [0.3, 0.4) is 0 Å². The molecule has 1 aromatic heterocycles. The van der Waals surface area contributed by atoms with E-state index in [1.165, 1.54) is 4.90 Å². The summed E-state index contributed by atoms with van der Waals surface area (Å²) in [4.78, 5) is 29.8. The summed E-state index contributed by atoms with van der Waals surface area (Å²) in [7, 11) is 1.56. The van der Waals surface area contributed by atoms with E-state index < -0.39 is 0 Å². The first kappa shape index (κ1) is 18.8. The zero-order valence-electron chi connectivity index (χ0n) is 15.0. The zero-order valence-corrected chi connectivity index (χ0v) is 15.0. The predicted octanol–water partition coefficient (Wildman–Crippen LogP) is 2.43. The molecule has 1 aliphatic rings. The lowest BCUT2D eigenvalue weighted by Gasteiger charge is -2.10. The van der Waals surface area contributed by atoms with Crippen LogP contribution in [0.4, 0.5) is 0 Å². The molecule has 0 unspecified atom stereocenters. The van der Waals surface area contributed by atoms with Gasteiger partial charge in [0.15, 0.2) is 0 Å². The SMILES string of the molecule is COCOCc1ccnc(OC/C=C\CN2C(=O)c3ccccc3C2=O)c1. The van der Waals surface area contributed by atoms with Gasteiger partial charge in [0.1, 0.15) is 13.4 Å². The lowest BCUT2D eigenvalue weighted by molar-refractivity contribution is -0.0391. The van der Waals surface area contributed by atoms with Gasteiger partial charge in [0, 0.05) is 25.9 Å². The van der Waals surface area contributed by atoms with Gasteiger partial charge in [-0.2, -0.15) is 0 Å². The predicted molar refractivity (Wildman–Crippen MR) is 97.3 cm³/mol. The van der Waals surface area contributed by atoms with Crippen LogP contribution in [-0.4, -0.2) is 48.8 Å². The van der Waals surface area contributed by atoms with E-state index >= 15 is 0 Å². The van der Waals surface area contributed by atoms with Crippen molar-refractivity contribution in [2.75, 3.05) is 27.1 Å². The van der Waals surface area contributed by atoms with Gasteiger partial charge < -0.3 is 14.2 Å². The summed E-state index contributed by atoms with van der Waals surface area (Å²) >= 11 is 0. The Hall–Kier alpha value is -3.03. The number of ether oxygens (including phenoxy) is 3. The number of hydrogen-bond acceptors (Lipinski definition) is 6. The standard InChI is InChI=1S/C20H20N2O5/c1-25-14-26-13-15-8-9-21-18(12-15)27-11-5-4-10-22-19(23)16-6-2-3-7-17(16)20(22)24/h2-9,12H,10-11,13-14H2,1H3/b5-4-. The molecule has 0 radical (unpaired) electrons. The van der Waals surface area contributed by atoms with Crippen LogP contribution in [0.15, 0.2) is 54.7 Å². The third-order valence-electron chi connectivity index (χ3n) is 3.93. The van der Waals surface area contributed by atoms with Gasteiger partial charge in [-0.1, -0.05) is 18.2 Å². The normalized spacial score (nSPS) is 13.4. The maximum Gasteiger partial charge on any atom is 0.261 e. The number of rotatable bonds is 9. The van der Waals surface area contributed by atoms with Gasteiger partial charge in [-0.25, -0.2) is 4.98 Å². The number of nitrogens with zero attached hydrogens (tertiary/aromatic N) is 2. The number of fused-ring (bicyclic) bond motifs is 1. The minimum absolute atomic E-state index is 0.202. The first-order valence-corrected chi connectivity index (χ1v) is 8.45. The van der Waals surface area contributed by atoms with Crippen molar-refractivity contribution in [3.63, 3.8) is 0 Å². The minimum Gasteiger partial charge on any atom is -0.473 e. The summed E-state index contributed by atoms with van der Waals surface area (Å²) < 4.78 is 15.7. The number of hydrogen-bond donors (Lipinski definition) is 0. The van der Waals surface area contributed by atoms with E-state index in [1.54, 1.807) is 55.8 Å². The second-order valence-electron chi connectivity index (χ2n) is 5.81. The summed E-state index contributed by atoms with van der Waals surface area (Å²) in [6.45, 7) is 1.11. The van der Waals surface area contributed by atoms with Crippen molar-refractivity contribution in [2.45, 2.75) is 6.61 Å². The monoisotopic (exact) mass is 368 g/mol.